The van der Waals surface area contributed by atoms with E-state index in [1.807, 2.05) is 147 Å². The first kappa shape index (κ1) is 43.0. The van der Waals surface area contributed by atoms with Gasteiger partial charge in [-0.15, -0.1) is 0 Å². The number of fused-ring (bicyclic) bond motifs is 1. The third-order valence-electron chi connectivity index (χ3n) is 10.1. The van der Waals surface area contributed by atoms with Gasteiger partial charge in [0, 0.05) is 45.1 Å². The molecule has 0 atom stereocenters. The van der Waals surface area contributed by atoms with E-state index in [9.17, 15) is 4.79 Å². The van der Waals surface area contributed by atoms with Gasteiger partial charge in [0.25, 0.3) is 0 Å². The molecule has 0 aromatic heterocycles. The highest BCUT2D eigenvalue weighted by atomic mass is 35.5. The third-order valence-corrected chi connectivity index (χ3v) is 11.9. The van der Waals surface area contributed by atoms with E-state index >= 15 is 0 Å². The number of carbonyl (C=O) groups is 1. The number of nitrogens with zero attached hydrogens (tertiary/aromatic N) is 2. The molecule has 6 rings (SSSR count). The van der Waals surface area contributed by atoms with Crippen molar-refractivity contribution in [3.05, 3.63) is 163 Å². The number of rotatable bonds is 16. The van der Waals surface area contributed by atoms with Crippen LogP contribution in [-0.2, 0) is 10.3 Å². The second kappa shape index (κ2) is 19.0. The highest BCUT2D eigenvalue weighted by Crippen LogP contribution is 2.53. The Bertz CT molecular complexity index is 2160. The number of unbranched alkanes of at least 4 members (excludes halogenated alkanes) is 2. The summed E-state index contributed by atoms with van der Waals surface area (Å²) >= 11 is 27.5. The number of esters is 1. The maximum absolute atomic E-state index is 14.2. The van der Waals surface area contributed by atoms with E-state index in [1.54, 1.807) is 0 Å². The molecule has 0 unspecified atom stereocenters. The van der Waals surface area contributed by atoms with E-state index in [0.29, 0.717) is 18.8 Å². The van der Waals surface area contributed by atoms with Crippen LogP contribution in [-0.4, -0.2) is 47.4 Å². The minimum absolute atomic E-state index is 0.0208. The lowest BCUT2D eigenvalue weighted by Gasteiger charge is -2.27. The third kappa shape index (κ3) is 9.32. The molecule has 1 aliphatic heterocycles. The number of hydrogen-bond acceptors (Lipinski definition) is 6. The molecule has 0 saturated carbocycles. The van der Waals surface area contributed by atoms with Gasteiger partial charge in [-0.05, 0) is 107 Å². The maximum atomic E-state index is 14.2. The molecule has 302 valence electrons. The first-order valence-corrected chi connectivity index (χ1v) is 21.0. The first-order valence-electron chi connectivity index (χ1n) is 19.4. The van der Waals surface area contributed by atoms with Gasteiger partial charge in [0.2, 0.25) is 0 Å². The predicted octanol–water partition coefficient (Wildman–Crippen LogP) is 13.4. The van der Waals surface area contributed by atoms with Gasteiger partial charge in [-0.25, -0.2) is 4.79 Å². The lowest BCUT2D eigenvalue weighted by molar-refractivity contribution is 0.0300. The Morgan fingerprint density at radius 2 is 0.931 bits per heavy atom. The van der Waals surface area contributed by atoms with Gasteiger partial charge in [-0.1, -0.05) is 122 Å². The average Bonchev–Trinajstić information content (AvgIpc) is 3.52. The second-order valence-electron chi connectivity index (χ2n) is 14.6. The summed E-state index contributed by atoms with van der Waals surface area (Å²) in [4.78, 5) is 18.3. The molecule has 0 spiro atoms. The highest BCUT2D eigenvalue weighted by Gasteiger charge is 2.48. The van der Waals surface area contributed by atoms with Gasteiger partial charge >= 0.3 is 5.97 Å². The van der Waals surface area contributed by atoms with E-state index < -0.39 is 11.6 Å². The molecule has 0 N–H and O–H groups in total. The van der Waals surface area contributed by atoms with Crippen LogP contribution < -0.4 is 19.3 Å². The van der Waals surface area contributed by atoms with Crippen LogP contribution in [0.5, 0.6) is 11.5 Å². The topological polar surface area (TPSA) is 51.2 Å². The summed E-state index contributed by atoms with van der Waals surface area (Å²) in [5.74, 6) is 0.832. The Labute approximate surface area is 362 Å². The van der Waals surface area contributed by atoms with E-state index in [0.717, 1.165) is 82.0 Å². The van der Waals surface area contributed by atoms with E-state index in [1.165, 1.54) is 0 Å². The first-order chi connectivity index (χ1) is 27.9. The van der Waals surface area contributed by atoms with Crippen molar-refractivity contribution in [3.63, 3.8) is 0 Å². The van der Waals surface area contributed by atoms with Gasteiger partial charge in [-0.2, -0.15) is 0 Å². The summed E-state index contributed by atoms with van der Waals surface area (Å²) in [7, 11) is 7.98. The molecule has 1 heterocycles. The smallest absolute Gasteiger partial charge is 0.341 e. The zero-order chi connectivity index (χ0) is 41.6. The summed E-state index contributed by atoms with van der Waals surface area (Å²) in [6.45, 7) is 5.51. The van der Waals surface area contributed by atoms with Gasteiger partial charge in [0.05, 0.1) is 38.9 Å². The van der Waals surface area contributed by atoms with Crippen LogP contribution in [0.2, 0.25) is 20.1 Å². The van der Waals surface area contributed by atoms with Crippen molar-refractivity contribution in [2.24, 2.45) is 0 Å². The summed E-state index contributed by atoms with van der Waals surface area (Å²) < 4.78 is 18.7. The average molecular weight is 859 g/mol. The summed E-state index contributed by atoms with van der Waals surface area (Å²) in [6, 6.07) is 32.2. The van der Waals surface area contributed by atoms with Crippen LogP contribution in [0.3, 0.4) is 0 Å². The van der Waals surface area contributed by atoms with Crippen LogP contribution in [0, 0.1) is 0 Å². The molecule has 5 aromatic carbocycles. The fourth-order valence-electron chi connectivity index (χ4n) is 6.79. The summed E-state index contributed by atoms with van der Waals surface area (Å²) in [6.07, 6.45) is 7.83. The largest absolute Gasteiger partial charge is 0.494 e. The number of halogens is 4. The standard InChI is InChI=1S/C48H48Cl4N2O4/c1-7-9-27-56-37-23-15-33(16-24-37)39(31-11-19-35(20-12-31)53(3)4)29-48(42-41(47(55)58-48)43(49)45(51)46(52)44(42)50)30-40(32-13-21-36(22-14-32)54(5)6)34-17-25-38(26-18-34)57-28-10-8-2/h11-26,29-30H,7-10,27-28H2,1-6H3. The molecule has 1 aliphatic rings. The number of ether oxygens (including phenoxy) is 3. The lowest BCUT2D eigenvalue weighted by atomic mass is 9.83. The predicted molar refractivity (Wildman–Crippen MR) is 243 cm³/mol. The fraction of sp³-hybridized carbons (Fsp3) is 0.271. The minimum atomic E-state index is -1.64. The Hall–Kier alpha value is -4.59. The Morgan fingerprint density at radius 1 is 0.569 bits per heavy atom. The van der Waals surface area contributed by atoms with Gasteiger partial charge in [0.15, 0.2) is 5.60 Å². The summed E-state index contributed by atoms with van der Waals surface area (Å²) in [5, 5.41) is 0.0284. The number of carbonyl (C=O) groups excluding carboxylic acids is 1. The zero-order valence-electron chi connectivity index (χ0n) is 33.7. The van der Waals surface area contributed by atoms with E-state index in [2.05, 4.69) is 13.8 Å². The van der Waals surface area contributed by atoms with Crippen LogP contribution in [0.4, 0.5) is 11.4 Å². The quantitative estimate of drug-likeness (QED) is 0.0426. The molecule has 0 saturated heterocycles. The van der Waals surface area contributed by atoms with Crippen LogP contribution >= 0.6 is 46.4 Å². The van der Waals surface area contributed by atoms with Gasteiger partial charge < -0.3 is 24.0 Å². The van der Waals surface area contributed by atoms with Crippen molar-refractivity contribution in [1.29, 1.82) is 0 Å². The van der Waals surface area contributed by atoms with Crippen molar-refractivity contribution in [2.75, 3.05) is 51.2 Å². The van der Waals surface area contributed by atoms with Crippen molar-refractivity contribution in [2.45, 2.75) is 45.1 Å². The molecular weight excluding hydrogens is 810 g/mol. The van der Waals surface area contributed by atoms with E-state index in [4.69, 9.17) is 60.6 Å². The molecule has 0 radical (unpaired) electrons. The van der Waals surface area contributed by atoms with Crippen molar-refractivity contribution in [1.82, 2.24) is 0 Å². The molecule has 0 aliphatic carbocycles. The van der Waals surface area contributed by atoms with E-state index in [-0.39, 0.29) is 25.7 Å². The second-order valence-corrected chi connectivity index (χ2v) is 16.2. The van der Waals surface area contributed by atoms with Crippen molar-refractivity contribution >= 4 is 74.9 Å². The van der Waals surface area contributed by atoms with Crippen molar-refractivity contribution < 1.29 is 19.0 Å². The van der Waals surface area contributed by atoms with Gasteiger partial charge in [0.1, 0.15) is 11.5 Å². The monoisotopic (exact) mass is 856 g/mol. The van der Waals surface area contributed by atoms with Crippen LogP contribution in [0.15, 0.2) is 109 Å². The minimum Gasteiger partial charge on any atom is -0.494 e. The van der Waals surface area contributed by atoms with Crippen LogP contribution in [0.25, 0.3) is 11.1 Å². The molecule has 0 bridgehead atoms. The SMILES string of the molecule is CCCCOc1ccc(C(=CC2(C=C(c3ccc(OCCCC)cc3)c3ccc(N(C)C)cc3)OC(=O)c3c(Cl)c(Cl)c(Cl)c(Cl)c32)c2ccc(N(C)C)cc2)cc1. The summed E-state index contributed by atoms with van der Waals surface area (Å²) in [5.41, 5.74) is 5.74. The number of benzene rings is 5. The van der Waals surface area contributed by atoms with Gasteiger partial charge in [-0.3, -0.25) is 0 Å². The molecule has 0 fully saturated rings. The lowest BCUT2D eigenvalue weighted by Crippen LogP contribution is -2.23. The Morgan fingerprint density at radius 3 is 1.29 bits per heavy atom. The number of hydrogen-bond donors (Lipinski definition) is 0. The number of cyclic esters (lactones) is 1. The normalized spacial score (nSPS) is 15.2. The fourth-order valence-corrected chi connectivity index (χ4v) is 7.87. The maximum Gasteiger partial charge on any atom is 0.341 e. The molecule has 6 nitrogen and oxygen atoms in total. The Balaban J connectivity index is 1.67. The molecule has 58 heavy (non-hydrogen) atoms. The highest BCUT2D eigenvalue weighted by molar-refractivity contribution is 6.53. The zero-order valence-corrected chi connectivity index (χ0v) is 36.7. The number of anilines is 2. The molecule has 10 heteroatoms. The molecule has 5 aromatic rings. The Kier molecular flexibility index (Phi) is 14.1. The molecule has 0 amide bonds. The van der Waals surface area contributed by atoms with Crippen LogP contribution in [0.1, 0.15) is 77.7 Å². The van der Waals surface area contributed by atoms with Crippen molar-refractivity contribution in [3.8, 4) is 11.5 Å². The molecular formula is C48H48Cl4N2O4.